The van der Waals surface area contributed by atoms with Gasteiger partial charge in [-0.25, -0.2) is 0 Å². The summed E-state index contributed by atoms with van der Waals surface area (Å²) in [6, 6.07) is 6.29. The lowest BCUT2D eigenvalue weighted by atomic mass is 10.2. The molecule has 0 aliphatic heterocycles. The zero-order valence-electron chi connectivity index (χ0n) is 10.2. The molecule has 4 heteroatoms. The van der Waals surface area contributed by atoms with Gasteiger partial charge in [-0.1, -0.05) is 44.8 Å². The molecule has 0 saturated carbocycles. The van der Waals surface area contributed by atoms with Gasteiger partial charge in [-0.15, -0.1) is 0 Å². The first kappa shape index (κ1) is 15.2. The van der Waals surface area contributed by atoms with Gasteiger partial charge in [-0.2, -0.15) is 0 Å². The van der Waals surface area contributed by atoms with E-state index < -0.39 is 0 Å². The molecule has 0 aliphatic rings. The van der Waals surface area contributed by atoms with Gasteiger partial charge in [0.15, 0.2) is 0 Å². The van der Waals surface area contributed by atoms with Crippen LogP contribution in [-0.2, 0) is 6.54 Å². The minimum Gasteiger partial charge on any atom is -0.317 e. The minimum absolute atomic E-state index is 0.918. The molecule has 0 atom stereocenters. The third-order valence-electron chi connectivity index (χ3n) is 2.46. The predicted molar refractivity (Wildman–Crippen MR) is 81.3 cm³/mol. The molecule has 0 amide bonds. The van der Waals surface area contributed by atoms with Gasteiger partial charge in [-0.3, -0.25) is 0 Å². The Kier molecular flexibility index (Phi) is 8.10. The van der Waals surface area contributed by atoms with Crippen molar-refractivity contribution in [2.45, 2.75) is 26.3 Å². The Bertz CT molecular complexity index is 329. The van der Waals surface area contributed by atoms with Crippen molar-refractivity contribution in [3.8, 4) is 0 Å². The average Bonchev–Trinajstić information content (AvgIpc) is 2.30. The van der Waals surface area contributed by atoms with E-state index in [1.807, 2.05) is 0 Å². The van der Waals surface area contributed by atoms with Crippen molar-refractivity contribution in [2.24, 2.45) is 0 Å². The summed E-state index contributed by atoms with van der Waals surface area (Å²) in [7, 11) is 0. The second kappa shape index (κ2) is 9.09. The van der Waals surface area contributed by atoms with Crippen LogP contribution in [0.4, 0.5) is 0 Å². The topological polar surface area (TPSA) is 24.1 Å². The number of halogens is 2. The SMILES string of the molecule is CCCNCCCNCc1ccc(Br)cc1Br. The van der Waals surface area contributed by atoms with Crippen LogP contribution in [0.2, 0.25) is 0 Å². The number of benzene rings is 1. The highest BCUT2D eigenvalue weighted by molar-refractivity contribution is 9.11. The van der Waals surface area contributed by atoms with E-state index in [4.69, 9.17) is 0 Å². The molecule has 0 aliphatic carbocycles. The lowest BCUT2D eigenvalue weighted by Crippen LogP contribution is -2.22. The molecule has 0 aromatic heterocycles. The maximum absolute atomic E-state index is 3.57. The van der Waals surface area contributed by atoms with Gasteiger partial charge in [-0.05, 0) is 50.2 Å². The van der Waals surface area contributed by atoms with Crippen LogP contribution >= 0.6 is 31.9 Å². The average molecular weight is 364 g/mol. The Balaban J connectivity index is 2.14. The zero-order chi connectivity index (χ0) is 12.5. The highest BCUT2D eigenvalue weighted by Gasteiger charge is 1.99. The van der Waals surface area contributed by atoms with Crippen molar-refractivity contribution >= 4 is 31.9 Å². The Morgan fingerprint density at radius 2 is 1.82 bits per heavy atom. The van der Waals surface area contributed by atoms with Gasteiger partial charge in [0.1, 0.15) is 0 Å². The molecule has 0 saturated heterocycles. The van der Waals surface area contributed by atoms with Crippen LogP contribution in [0.1, 0.15) is 25.3 Å². The number of nitrogens with one attached hydrogen (secondary N) is 2. The molecule has 2 N–H and O–H groups in total. The van der Waals surface area contributed by atoms with Gasteiger partial charge in [0.05, 0.1) is 0 Å². The van der Waals surface area contributed by atoms with E-state index >= 15 is 0 Å². The molecule has 0 radical (unpaired) electrons. The van der Waals surface area contributed by atoms with Crippen molar-refractivity contribution in [1.82, 2.24) is 10.6 Å². The lowest BCUT2D eigenvalue weighted by Gasteiger charge is -2.07. The second-order valence-electron chi connectivity index (χ2n) is 4.02. The van der Waals surface area contributed by atoms with Crippen LogP contribution in [0, 0.1) is 0 Å². The monoisotopic (exact) mass is 362 g/mol. The fourth-order valence-corrected chi connectivity index (χ4v) is 2.72. The van der Waals surface area contributed by atoms with Crippen LogP contribution in [0.3, 0.4) is 0 Å². The van der Waals surface area contributed by atoms with E-state index in [2.05, 4.69) is 67.6 Å². The van der Waals surface area contributed by atoms with Crippen LogP contribution in [-0.4, -0.2) is 19.6 Å². The molecule has 0 unspecified atom stereocenters. The maximum atomic E-state index is 3.57. The van der Waals surface area contributed by atoms with Crippen LogP contribution in [0.5, 0.6) is 0 Å². The third kappa shape index (κ3) is 6.55. The number of rotatable bonds is 8. The molecule has 1 aromatic rings. The molecular weight excluding hydrogens is 344 g/mol. The van der Waals surface area contributed by atoms with E-state index in [0.717, 1.165) is 35.1 Å². The fourth-order valence-electron chi connectivity index (χ4n) is 1.53. The smallest absolute Gasteiger partial charge is 0.0231 e. The number of hydrogen-bond donors (Lipinski definition) is 2. The van der Waals surface area contributed by atoms with Gasteiger partial charge in [0, 0.05) is 15.5 Å². The number of hydrogen-bond acceptors (Lipinski definition) is 2. The summed E-state index contributed by atoms with van der Waals surface area (Å²) in [5.41, 5.74) is 1.30. The zero-order valence-corrected chi connectivity index (χ0v) is 13.4. The summed E-state index contributed by atoms with van der Waals surface area (Å²) in [5, 5.41) is 6.85. The quantitative estimate of drug-likeness (QED) is 0.688. The summed E-state index contributed by atoms with van der Waals surface area (Å²) in [6.45, 7) is 6.39. The molecule has 1 aromatic carbocycles. The normalized spacial score (nSPS) is 10.8. The molecule has 96 valence electrons. The summed E-state index contributed by atoms with van der Waals surface area (Å²) < 4.78 is 2.26. The van der Waals surface area contributed by atoms with E-state index in [-0.39, 0.29) is 0 Å². The standard InChI is InChI=1S/C13H20Br2N2/c1-2-6-16-7-3-8-17-10-11-4-5-12(14)9-13(11)15/h4-5,9,16-17H,2-3,6-8,10H2,1H3. The Morgan fingerprint density at radius 1 is 1.06 bits per heavy atom. The summed E-state index contributed by atoms with van der Waals surface area (Å²) in [5.74, 6) is 0. The largest absolute Gasteiger partial charge is 0.317 e. The molecule has 0 heterocycles. The van der Waals surface area contributed by atoms with Crippen LogP contribution in [0.15, 0.2) is 27.1 Å². The van der Waals surface area contributed by atoms with Gasteiger partial charge < -0.3 is 10.6 Å². The molecule has 0 fully saturated rings. The second-order valence-corrected chi connectivity index (χ2v) is 5.79. The van der Waals surface area contributed by atoms with Gasteiger partial charge in [0.25, 0.3) is 0 Å². The first-order valence-electron chi connectivity index (χ1n) is 6.09. The molecule has 1 rings (SSSR count). The first-order chi connectivity index (χ1) is 8.24. The van der Waals surface area contributed by atoms with Crippen molar-refractivity contribution in [2.75, 3.05) is 19.6 Å². The highest BCUT2D eigenvalue weighted by Crippen LogP contribution is 2.21. The summed E-state index contributed by atoms with van der Waals surface area (Å²) in [6.07, 6.45) is 2.38. The predicted octanol–water partition coefficient (Wildman–Crippen LogP) is 3.69. The summed E-state index contributed by atoms with van der Waals surface area (Å²) in [4.78, 5) is 0. The van der Waals surface area contributed by atoms with Crippen molar-refractivity contribution in [1.29, 1.82) is 0 Å². The van der Waals surface area contributed by atoms with Gasteiger partial charge in [0.2, 0.25) is 0 Å². The molecule has 2 nitrogen and oxygen atoms in total. The van der Waals surface area contributed by atoms with E-state index in [0.29, 0.717) is 0 Å². The minimum atomic E-state index is 0.918. The van der Waals surface area contributed by atoms with E-state index in [9.17, 15) is 0 Å². The lowest BCUT2D eigenvalue weighted by molar-refractivity contribution is 0.592. The Hall–Kier alpha value is 0.1000. The van der Waals surface area contributed by atoms with E-state index in [1.54, 1.807) is 0 Å². The van der Waals surface area contributed by atoms with Crippen molar-refractivity contribution in [3.05, 3.63) is 32.7 Å². The van der Waals surface area contributed by atoms with Crippen LogP contribution in [0.25, 0.3) is 0 Å². The van der Waals surface area contributed by atoms with E-state index in [1.165, 1.54) is 18.4 Å². The third-order valence-corrected chi connectivity index (χ3v) is 3.70. The Morgan fingerprint density at radius 3 is 2.53 bits per heavy atom. The van der Waals surface area contributed by atoms with Crippen LogP contribution < -0.4 is 10.6 Å². The summed E-state index contributed by atoms with van der Waals surface area (Å²) >= 11 is 7.02. The maximum Gasteiger partial charge on any atom is 0.0231 e. The van der Waals surface area contributed by atoms with Gasteiger partial charge >= 0.3 is 0 Å². The van der Waals surface area contributed by atoms with Crippen molar-refractivity contribution < 1.29 is 0 Å². The fraction of sp³-hybridized carbons (Fsp3) is 0.538. The van der Waals surface area contributed by atoms with Crippen molar-refractivity contribution in [3.63, 3.8) is 0 Å². The molecule has 0 bridgehead atoms. The Labute approximate surface area is 121 Å². The first-order valence-corrected chi connectivity index (χ1v) is 7.68. The highest BCUT2D eigenvalue weighted by atomic mass is 79.9. The molecular formula is C13H20Br2N2. The molecule has 0 spiro atoms. The molecule has 17 heavy (non-hydrogen) atoms.